The van der Waals surface area contributed by atoms with Crippen LogP contribution in [0.4, 0.5) is 4.79 Å². The van der Waals surface area contributed by atoms with Gasteiger partial charge in [0.05, 0.1) is 0 Å². The largest absolute Gasteiger partial charge is 0.444 e. The summed E-state index contributed by atoms with van der Waals surface area (Å²) in [5, 5.41) is 0. The van der Waals surface area contributed by atoms with E-state index >= 15 is 0 Å². The van der Waals surface area contributed by atoms with E-state index in [9.17, 15) is 4.79 Å². The van der Waals surface area contributed by atoms with Gasteiger partial charge < -0.3 is 14.4 Å². The molecule has 1 amide bonds. The molecule has 0 aromatic rings. The number of hydrogen-bond acceptors (Lipinski definition) is 3. The zero-order valence-electron chi connectivity index (χ0n) is 13.9. The number of ether oxygens (including phenoxy) is 2. The average Bonchev–Trinajstić information content (AvgIpc) is 2.41. The highest BCUT2D eigenvalue weighted by Gasteiger charge is 2.26. The van der Waals surface area contributed by atoms with E-state index in [-0.39, 0.29) is 6.09 Å². The minimum absolute atomic E-state index is 0.189. The Balaban J connectivity index is 2.12. The van der Waals surface area contributed by atoms with Crippen LogP contribution in [0.2, 0.25) is 0 Å². The van der Waals surface area contributed by atoms with Crippen molar-refractivity contribution in [3.8, 4) is 0 Å². The summed E-state index contributed by atoms with van der Waals surface area (Å²) >= 11 is 0. The molecule has 0 spiro atoms. The number of nitrogens with zero attached hydrogens (tertiary/aromatic N) is 1. The lowest BCUT2D eigenvalue weighted by Crippen LogP contribution is -2.42. The highest BCUT2D eigenvalue weighted by molar-refractivity contribution is 5.68. The smallest absolute Gasteiger partial charge is 0.410 e. The van der Waals surface area contributed by atoms with Crippen LogP contribution >= 0.6 is 0 Å². The Labute approximate surface area is 129 Å². The molecule has 0 radical (unpaired) electrons. The minimum atomic E-state index is -0.414. The quantitative estimate of drug-likeness (QED) is 0.526. The molecule has 0 aliphatic carbocycles. The molecule has 1 fully saturated rings. The zero-order valence-corrected chi connectivity index (χ0v) is 13.9. The van der Waals surface area contributed by atoms with E-state index in [4.69, 9.17) is 9.47 Å². The molecule has 0 aromatic heterocycles. The molecule has 1 aliphatic rings. The number of carbonyl (C=O) groups is 1. The zero-order chi connectivity index (χ0) is 15.7. The van der Waals surface area contributed by atoms with E-state index in [1.165, 1.54) is 0 Å². The molecule has 0 unspecified atom stereocenters. The Hall–Kier alpha value is -1.03. The van der Waals surface area contributed by atoms with Gasteiger partial charge in [0, 0.05) is 26.3 Å². The van der Waals surface area contributed by atoms with Gasteiger partial charge in [-0.15, -0.1) is 6.58 Å². The Bertz CT molecular complexity index is 314. The molecule has 21 heavy (non-hydrogen) atoms. The molecule has 0 N–H and O–H groups in total. The lowest BCUT2D eigenvalue weighted by Gasteiger charge is -2.33. The second kappa shape index (κ2) is 9.08. The molecule has 4 heteroatoms. The monoisotopic (exact) mass is 297 g/mol. The summed E-state index contributed by atoms with van der Waals surface area (Å²) in [7, 11) is 0. The third-order valence-corrected chi connectivity index (χ3v) is 3.57. The van der Waals surface area contributed by atoms with Gasteiger partial charge in [0.25, 0.3) is 0 Å². The van der Waals surface area contributed by atoms with Crippen LogP contribution in [0, 0.1) is 5.92 Å². The summed E-state index contributed by atoms with van der Waals surface area (Å²) in [6, 6.07) is 0. The molecule has 1 heterocycles. The van der Waals surface area contributed by atoms with Crippen LogP contribution in [0.1, 0.15) is 52.9 Å². The molecule has 0 atom stereocenters. The van der Waals surface area contributed by atoms with Crippen molar-refractivity contribution in [3.63, 3.8) is 0 Å². The molecular formula is C17H31NO3. The van der Waals surface area contributed by atoms with Crippen LogP contribution < -0.4 is 0 Å². The second-order valence-corrected chi connectivity index (χ2v) is 6.77. The Kier molecular flexibility index (Phi) is 7.79. The molecule has 1 rings (SSSR count). The summed E-state index contributed by atoms with van der Waals surface area (Å²) < 4.78 is 11.1. The molecule has 1 saturated heterocycles. The summed E-state index contributed by atoms with van der Waals surface area (Å²) in [5.74, 6) is 0.572. The van der Waals surface area contributed by atoms with Crippen molar-refractivity contribution in [3.05, 3.63) is 12.7 Å². The van der Waals surface area contributed by atoms with Crippen molar-refractivity contribution < 1.29 is 14.3 Å². The standard InChI is InChI=1S/C17H31NO3/c1-5-6-7-8-13-20-14-15-9-11-18(12-10-15)16(19)21-17(2,3)4/h5,15H,1,6-14H2,2-4H3. The summed E-state index contributed by atoms with van der Waals surface area (Å²) in [6.07, 6.45) is 7.09. The number of hydrogen-bond donors (Lipinski definition) is 0. The minimum Gasteiger partial charge on any atom is -0.444 e. The van der Waals surface area contributed by atoms with E-state index in [0.29, 0.717) is 5.92 Å². The predicted octanol–water partition coefficient (Wildman–Crippen LogP) is 4.01. The SMILES string of the molecule is C=CCCCCOCC1CCN(C(=O)OC(C)(C)C)CC1. The molecule has 122 valence electrons. The molecule has 1 aliphatic heterocycles. The number of rotatable bonds is 7. The van der Waals surface area contributed by atoms with Crippen LogP contribution in [-0.2, 0) is 9.47 Å². The molecule has 0 aromatic carbocycles. The topological polar surface area (TPSA) is 38.8 Å². The molecule has 0 saturated carbocycles. The molecule has 4 nitrogen and oxygen atoms in total. The van der Waals surface area contributed by atoms with Crippen LogP contribution in [0.15, 0.2) is 12.7 Å². The van der Waals surface area contributed by atoms with Gasteiger partial charge in [-0.1, -0.05) is 6.08 Å². The summed E-state index contributed by atoms with van der Waals surface area (Å²) in [4.78, 5) is 13.8. The third-order valence-electron chi connectivity index (χ3n) is 3.57. The maximum absolute atomic E-state index is 11.9. The number of unbranched alkanes of at least 4 members (excludes halogenated alkanes) is 2. The van der Waals surface area contributed by atoms with Crippen molar-refractivity contribution in [2.75, 3.05) is 26.3 Å². The fourth-order valence-electron chi connectivity index (χ4n) is 2.35. The van der Waals surface area contributed by atoms with Gasteiger partial charge in [-0.2, -0.15) is 0 Å². The average molecular weight is 297 g/mol. The Morgan fingerprint density at radius 3 is 2.52 bits per heavy atom. The van der Waals surface area contributed by atoms with Crippen molar-refractivity contribution in [2.45, 2.75) is 58.5 Å². The molecular weight excluding hydrogens is 266 g/mol. The van der Waals surface area contributed by atoms with E-state index in [0.717, 1.165) is 58.4 Å². The summed E-state index contributed by atoms with van der Waals surface area (Å²) in [5.41, 5.74) is -0.414. The highest BCUT2D eigenvalue weighted by Crippen LogP contribution is 2.20. The lowest BCUT2D eigenvalue weighted by atomic mass is 9.98. The first-order chi connectivity index (χ1) is 9.92. The molecule has 0 bridgehead atoms. The maximum Gasteiger partial charge on any atom is 0.410 e. The highest BCUT2D eigenvalue weighted by atomic mass is 16.6. The number of piperidine rings is 1. The third kappa shape index (κ3) is 8.10. The fraction of sp³-hybridized carbons (Fsp3) is 0.824. The number of allylic oxidation sites excluding steroid dienone is 1. The van der Waals surface area contributed by atoms with Crippen molar-refractivity contribution in [1.82, 2.24) is 4.90 Å². The van der Waals surface area contributed by atoms with Gasteiger partial charge in [0.1, 0.15) is 5.60 Å². The van der Waals surface area contributed by atoms with Crippen LogP contribution in [0.3, 0.4) is 0 Å². The van der Waals surface area contributed by atoms with Gasteiger partial charge >= 0.3 is 6.09 Å². The van der Waals surface area contributed by atoms with Crippen molar-refractivity contribution in [1.29, 1.82) is 0 Å². The van der Waals surface area contributed by atoms with Gasteiger partial charge in [0.2, 0.25) is 0 Å². The predicted molar refractivity (Wildman–Crippen MR) is 85.4 cm³/mol. The summed E-state index contributed by atoms with van der Waals surface area (Å²) in [6.45, 7) is 12.6. The van der Waals surface area contributed by atoms with E-state index in [2.05, 4.69) is 6.58 Å². The Morgan fingerprint density at radius 1 is 1.29 bits per heavy atom. The van der Waals surface area contributed by atoms with Crippen molar-refractivity contribution >= 4 is 6.09 Å². The van der Waals surface area contributed by atoms with Gasteiger partial charge in [0.15, 0.2) is 0 Å². The van der Waals surface area contributed by atoms with Crippen LogP contribution in [0.25, 0.3) is 0 Å². The van der Waals surface area contributed by atoms with E-state index < -0.39 is 5.60 Å². The number of likely N-dealkylation sites (tertiary alicyclic amines) is 1. The van der Waals surface area contributed by atoms with E-state index in [1.54, 1.807) is 0 Å². The van der Waals surface area contributed by atoms with Crippen LogP contribution in [0.5, 0.6) is 0 Å². The first-order valence-electron chi connectivity index (χ1n) is 8.09. The fourth-order valence-corrected chi connectivity index (χ4v) is 2.35. The first kappa shape index (κ1) is 18.0. The van der Waals surface area contributed by atoms with Gasteiger partial charge in [-0.25, -0.2) is 4.79 Å². The maximum atomic E-state index is 11.9. The first-order valence-corrected chi connectivity index (χ1v) is 8.09. The van der Waals surface area contributed by atoms with Gasteiger partial charge in [-0.05, 0) is 58.8 Å². The van der Waals surface area contributed by atoms with Crippen molar-refractivity contribution in [2.24, 2.45) is 5.92 Å². The normalized spacial score (nSPS) is 16.8. The number of carbonyl (C=O) groups excluding carboxylic acids is 1. The van der Waals surface area contributed by atoms with E-state index in [1.807, 2.05) is 31.7 Å². The lowest BCUT2D eigenvalue weighted by molar-refractivity contribution is 0.0116. The Morgan fingerprint density at radius 2 is 1.95 bits per heavy atom. The second-order valence-electron chi connectivity index (χ2n) is 6.77. The number of amides is 1. The van der Waals surface area contributed by atoms with Gasteiger partial charge in [-0.3, -0.25) is 0 Å². The van der Waals surface area contributed by atoms with Crippen LogP contribution in [-0.4, -0.2) is 42.9 Å².